The van der Waals surface area contributed by atoms with Crippen LogP contribution < -0.4 is 0 Å². The van der Waals surface area contributed by atoms with Gasteiger partial charge in [0.25, 0.3) is 0 Å². The van der Waals surface area contributed by atoms with Crippen molar-refractivity contribution in [1.29, 1.82) is 5.26 Å². The van der Waals surface area contributed by atoms with E-state index in [4.69, 9.17) is 21.6 Å². The molecule has 0 spiro atoms. The molecular weight excluding hydrogens is 467 g/mol. The third-order valence-corrected chi connectivity index (χ3v) is 2.95. The summed E-state index contributed by atoms with van der Waals surface area (Å²) in [6, 6.07) is 15.5. The monoisotopic (exact) mass is 478 g/mol. The summed E-state index contributed by atoms with van der Waals surface area (Å²) in [5, 5.41) is 8.99. The molecule has 0 bridgehead atoms. The molecule has 0 amide bonds. The van der Waals surface area contributed by atoms with Crippen LogP contribution in [0.3, 0.4) is 0 Å². The fourth-order valence-corrected chi connectivity index (χ4v) is 1.85. The van der Waals surface area contributed by atoms with Crippen LogP contribution in [0.1, 0.15) is 16.7 Å². The Morgan fingerprint density at radius 2 is 1.77 bits per heavy atom. The number of rotatable bonds is 2. The van der Waals surface area contributed by atoms with Crippen molar-refractivity contribution in [3.8, 4) is 6.07 Å². The Morgan fingerprint density at radius 3 is 2.32 bits per heavy atom. The third kappa shape index (κ3) is 6.95. The Hall–Kier alpha value is -0.836. The predicted molar refractivity (Wildman–Crippen MR) is 96.6 cm³/mol. The van der Waals surface area contributed by atoms with Crippen molar-refractivity contribution in [2.24, 2.45) is 4.99 Å². The normalized spacial score (nSPS) is 8.68. The molecule has 0 N–H and O–H groups in total. The number of hydrogen-bond donors (Lipinski definition) is 0. The number of aliphatic imine (C=N–C) groups is 1. The molecule has 2 aromatic carbocycles. The van der Waals surface area contributed by atoms with E-state index in [2.05, 4.69) is 11.1 Å². The van der Waals surface area contributed by atoms with Crippen LogP contribution in [0.15, 0.2) is 52.4 Å². The van der Waals surface area contributed by atoms with E-state index in [1.165, 1.54) is 0 Å². The van der Waals surface area contributed by atoms with Crippen LogP contribution in [0, 0.1) is 18.3 Å². The van der Waals surface area contributed by atoms with Gasteiger partial charge in [0.05, 0.1) is 11.8 Å². The molecule has 0 aliphatic rings. The quantitative estimate of drug-likeness (QED) is 0.468. The minimum atomic E-state index is 0. The molecule has 0 radical (unpaired) electrons. The third-order valence-electron chi connectivity index (χ3n) is 2.49. The Morgan fingerprint density at radius 1 is 1.18 bits per heavy atom. The van der Waals surface area contributed by atoms with Gasteiger partial charge in [-0.25, -0.2) is 0 Å². The van der Waals surface area contributed by atoms with Crippen LogP contribution in [0.2, 0.25) is 0 Å². The van der Waals surface area contributed by atoms with Crippen LogP contribution >= 0.6 is 34.0 Å². The van der Waals surface area contributed by atoms with Crippen LogP contribution in [0.5, 0.6) is 0 Å². The van der Waals surface area contributed by atoms with Gasteiger partial charge >= 0.3 is 21.0 Å². The molecule has 0 saturated carbocycles. The van der Waals surface area contributed by atoms with Crippen LogP contribution in [0.25, 0.3) is 0 Å². The fraction of sp³-hybridized carbons (Fsp3) is 0.0667. The number of benzene rings is 2. The molecule has 0 aromatic heterocycles. The van der Waals surface area contributed by atoms with E-state index in [0.29, 0.717) is 10.5 Å². The van der Waals surface area contributed by atoms with Crippen molar-refractivity contribution in [2.75, 3.05) is 0 Å². The zero-order valence-corrected chi connectivity index (χ0v) is 17.2. The molecule has 0 aliphatic heterocycles. The predicted octanol–water partition coefficient (Wildman–Crippen LogP) is 4.56. The van der Waals surface area contributed by atoms with Crippen LogP contribution in [-0.4, -0.2) is 6.21 Å². The van der Waals surface area contributed by atoms with Gasteiger partial charge in [-0.15, -0.1) is 38.9 Å². The van der Waals surface area contributed by atoms with Crippen molar-refractivity contribution < 1.29 is 21.0 Å². The second kappa shape index (κ2) is 12.7. The zero-order chi connectivity index (χ0) is 15.0. The van der Waals surface area contributed by atoms with Gasteiger partial charge in [0.1, 0.15) is 0 Å². The van der Waals surface area contributed by atoms with Crippen LogP contribution in [-0.2, 0) is 33.7 Å². The molecule has 22 heavy (non-hydrogen) atoms. The number of nitrogens with zero attached hydrogens (tertiary/aromatic N) is 2. The van der Waals surface area contributed by atoms with Gasteiger partial charge < -0.3 is 12.6 Å². The topological polar surface area (TPSA) is 53.2 Å². The molecule has 7 heteroatoms. The number of halogens is 2. The molecular formula is C15H13Br2N2OSV-. The summed E-state index contributed by atoms with van der Waals surface area (Å²) in [7, 11) is 0. The van der Waals surface area contributed by atoms with Gasteiger partial charge in [0, 0.05) is 11.8 Å². The number of hydrogen-bond acceptors (Lipinski definition) is 4. The molecule has 2 rings (SSSR count). The SMILES string of the molecule is Br.Br.Cc1cc(C#N)c([S-])c(C=Nc2ccccc2)c1.[O]=[V]. The molecule has 3 nitrogen and oxygen atoms in total. The standard InChI is InChI=1S/C15H12N2S.2BrH.O.V/c1-11-7-12(9-16)15(18)13(8-11)10-17-14-5-3-2-4-6-14;;;;/h2-8,10,18H,1H3;2*1H;;/p-1. The average Bonchev–Trinajstić information content (AvgIpc) is 2.50. The van der Waals surface area contributed by atoms with Gasteiger partial charge in [-0.1, -0.05) is 24.3 Å². The summed E-state index contributed by atoms with van der Waals surface area (Å²) in [5.74, 6) is 0. The van der Waals surface area contributed by atoms with E-state index in [1.807, 2.05) is 43.3 Å². The Balaban J connectivity index is 0. The maximum absolute atomic E-state index is 8.99. The summed E-state index contributed by atoms with van der Waals surface area (Å²) < 4.78 is 8.19. The maximum atomic E-state index is 8.99. The summed E-state index contributed by atoms with van der Waals surface area (Å²) in [6.07, 6.45) is 1.71. The second-order valence-electron chi connectivity index (χ2n) is 3.94. The average molecular weight is 480 g/mol. The summed E-state index contributed by atoms with van der Waals surface area (Å²) in [5.41, 5.74) is 3.21. The molecule has 0 unspecified atom stereocenters. The van der Waals surface area contributed by atoms with Crippen molar-refractivity contribution in [3.63, 3.8) is 0 Å². The van der Waals surface area contributed by atoms with Crippen LogP contribution in [0.4, 0.5) is 5.69 Å². The van der Waals surface area contributed by atoms with Crippen molar-refractivity contribution >= 4 is 58.5 Å². The van der Waals surface area contributed by atoms with E-state index in [0.717, 1.165) is 34.2 Å². The van der Waals surface area contributed by atoms with Gasteiger partial charge in [-0.05, 0) is 36.2 Å². The van der Waals surface area contributed by atoms with Gasteiger partial charge in [0.2, 0.25) is 0 Å². The molecule has 115 valence electrons. The first-order valence-electron chi connectivity index (χ1n) is 5.70. The molecule has 0 aliphatic carbocycles. The first-order chi connectivity index (χ1) is 9.70. The van der Waals surface area contributed by atoms with E-state index in [-0.39, 0.29) is 34.0 Å². The summed E-state index contributed by atoms with van der Waals surface area (Å²) >= 11 is 6.31. The first-order valence-corrected chi connectivity index (χ1v) is 6.67. The van der Waals surface area contributed by atoms with Gasteiger partial charge in [0.15, 0.2) is 0 Å². The second-order valence-corrected chi connectivity index (χ2v) is 4.34. The van der Waals surface area contributed by atoms with E-state index in [9.17, 15) is 0 Å². The van der Waals surface area contributed by atoms with Crippen molar-refractivity contribution in [3.05, 3.63) is 59.2 Å². The molecule has 0 saturated heterocycles. The Bertz CT molecular complexity index is 661. The Kier molecular flexibility index (Phi) is 13.5. The van der Waals surface area contributed by atoms with Gasteiger partial charge in [-0.2, -0.15) is 5.26 Å². The fourth-order valence-electron chi connectivity index (χ4n) is 1.64. The molecule has 2 aromatic rings. The van der Waals surface area contributed by atoms with Gasteiger partial charge in [-0.3, -0.25) is 4.99 Å². The van der Waals surface area contributed by atoms with E-state index >= 15 is 0 Å². The van der Waals surface area contributed by atoms with E-state index < -0.39 is 0 Å². The molecule has 0 atom stereocenters. The van der Waals surface area contributed by atoms with E-state index in [1.54, 1.807) is 12.3 Å². The number of nitriles is 1. The molecule has 0 fully saturated rings. The number of para-hydroxylation sites is 1. The van der Waals surface area contributed by atoms with Crippen molar-refractivity contribution in [2.45, 2.75) is 11.8 Å². The number of aryl methyl sites for hydroxylation is 1. The first kappa shape index (κ1) is 23.4. The summed E-state index contributed by atoms with van der Waals surface area (Å²) in [4.78, 5) is 4.91. The molecule has 0 heterocycles. The van der Waals surface area contributed by atoms with Crippen molar-refractivity contribution in [1.82, 2.24) is 0 Å². The minimum absolute atomic E-state index is 0. The Labute approximate surface area is 166 Å². The summed E-state index contributed by atoms with van der Waals surface area (Å²) in [6.45, 7) is 1.94. The zero-order valence-electron chi connectivity index (χ0n) is 11.6.